The van der Waals surface area contributed by atoms with E-state index in [-0.39, 0.29) is 12.2 Å². The summed E-state index contributed by atoms with van der Waals surface area (Å²) in [7, 11) is -5.64. The lowest BCUT2D eigenvalue weighted by Crippen LogP contribution is -2.20. The molecule has 0 heterocycles. The maximum Gasteiger partial charge on any atom is 0.306 e. The van der Waals surface area contributed by atoms with E-state index < -0.39 is 37.1 Å². The lowest BCUT2D eigenvalue weighted by Gasteiger charge is -2.02. The number of ether oxygens (including phenoxy) is 1. The van der Waals surface area contributed by atoms with E-state index in [2.05, 4.69) is 4.74 Å². The van der Waals surface area contributed by atoms with Crippen LogP contribution in [-0.2, 0) is 29.2 Å². The van der Waals surface area contributed by atoms with Crippen LogP contribution >= 0.6 is 0 Å². The van der Waals surface area contributed by atoms with E-state index >= 15 is 0 Å². The number of sulfone groups is 2. The van der Waals surface area contributed by atoms with Crippen LogP contribution in [0, 0.1) is 0 Å². The van der Waals surface area contributed by atoms with Gasteiger partial charge in [-0.1, -0.05) is 0 Å². The highest BCUT2D eigenvalue weighted by molar-refractivity contribution is 7.94. The summed E-state index contributed by atoms with van der Waals surface area (Å²) in [5, 5.41) is 0. The van der Waals surface area contributed by atoms with Crippen LogP contribution in [0.15, 0.2) is 0 Å². The maximum absolute atomic E-state index is 11.2. The lowest BCUT2D eigenvalue weighted by molar-refractivity contribution is -0.140. The fourth-order valence-electron chi connectivity index (χ4n) is 0.721. The van der Waals surface area contributed by atoms with Gasteiger partial charge in [-0.05, 0) is 0 Å². The van der Waals surface area contributed by atoms with Crippen LogP contribution in [0.25, 0.3) is 0 Å². The molecule has 0 aliphatic carbocycles. The highest BCUT2D eigenvalue weighted by Crippen LogP contribution is 1.97. The zero-order valence-electron chi connectivity index (χ0n) is 8.59. The third-order valence-electron chi connectivity index (χ3n) is 1.61. The smallest absolute Gasteiger partial charge is 0.306 e. The highest BCUT2D eigenvalue weighted by atomic mass is 32.2. The molecule has 0 bridgehead atoms. The minimum Gasteiger partial charge on any atom is -0.469 e. The average Bonchev–Trinajstić information content (AvgIpc) is 2.10. The first-order chi connectivity index (χ1) is 6.66. The fraction of sp³-hybridized carbons (Fsp3) is 0.857. The van der Waals surface area contributed by atoms with Crippen molar-refractivity contribution in [3.63, 3.8) is 0 Å². The molecular formula is C7H14O6S2. The van der Waals surface area contributed by atoms with Crippen molar-refractivity contribution in [1.82, 2.24) is 0 Å². The Morgan fingerprint density at radius 3 is 2.00 bits per heavy atom. The fourth-order valence-corrected chi connectivity index (χ4v) is 3.63. The molecule has 0 unspecified atom stereocenters. The van der Waals surface area contributed by atoms with Crippen LogP contribution in [0.5, 0.6) is 0 Å². The Hall–Kier alpha value is -0.630. The maximum atomic E-state index is 11.2. The zero-order valence-corrected chi connectivity index (χ0v) is 10.2. The van der Waals surface area contributed by atoms with E-state index in [1.54, 1.807) is 0 Å². The monoisotopic (exact) mass is 258 g/mol. The van der Waals surface area contributed by atoms with Gasteiger partial charge in [-0.25, -0.2) is 16.8 Å². The first-order valence-electron chi connectivity index (χ1n) is 4.11. The Kier molecular flexibility index (Phi) is 5.22. The first-order valence-corrected chi connectivity index (χ1v) is 7.99. The van der Waals surface area contributed by atoms with Gasteiger partial charge in [0.05, 0.1) is 30.8 Å². The summed E-state index contributed by atoms with van der Waals surface area (Å²) < 4.78 is 48.2. The van der Waals surface area contributed by atoms with Crippen LogP contribution in [-0.4, -0.2) is 53.4 Å². The van der Waals surface area contributed by atoms with Crippen LogP contribution in [0.4, 0.5) is 0 Å². The van der Waals surface area contributed by atoms with Gasteiger partial charge >= 0.3 is 5.97 Å². The molecule has 0 aromatic carbocycles. The summed E-state index contributed by atoms with van der Waals surface area (Å²) >= 11 is 0. The second kappa shape index (κ2) is 5.45. The van der Waals surface area contributed by atoms with Crippen molar-refractivity contribution in [2.75, 3.05) is 30.6 Å². The van der Waals surface area contributed by atoms with E-state index in [1.165, 1.54) is 0 Å². The summed E-state index contributed by atoms with van der Waals surface area (Å²) in [6, 6.07) is 0. The van der Waals surface area contributed by atoms with Gasteiger partial charge in [0.1, 0.15) is 9.84 Å². The third-order valence-corrected chi connectivity index (χ3v) is 4.47. The van der Waals surface area contributed by atoms with E-state index in [0.717, 1.165) is 13.4 Å². The molecule has 0 aromatic heterocycles. The van der Waals surface area contributed by atoms with E-state index in [4.69, 9.17) is 0 Å². The summed E-state index contributed by atoms with van der Waals surface area (Å²) in [4.78, 5) is 10.7. The number of esters is 1. The van der Waals surface area contributed by atoms with Gasteiger partial charge < -0.3 is 4.74 Å². The van der Waals surface area contributed by atoms with Gasteiger partial charge in [-0.2, -0.15) is 0 Å². The van der Waals surface area contributed by atoms with Crippen LogP contribution in [0.1, 0.15) is 6.42 Å². The average molecular weight is 258 g/mol. The number of carbonyl (C=O) groups is 1. The molecule has 0 spiro atoms. The van der Waals surface area contributed by atoms with Gasteiger partial charge in [0.15, 0.2) is 9.84 Å². The Morgan fingerprint density at radius 1 is 1.07 bits per heavy atom. The Bertz CT molecular complexity index is 405. The molecule has 8 heteroatoms. The standard InChI is InChI=1S/C7H14O6S2/c1-13-7(8)3-4-15(11,12)6-5-14(2,9)10/h3-6H2,1-2H3. The molecule has 0 fully saturated rings. The molecule has 0 N–H and O–H groups in total. The molecule has 0 aromatic rings. The van der Waals surface area contributed by atoms with Gasteiger partial charge in [-0.15, -0.1) is 0 Å². The molecular weight excluding hydrogens is 244 g/mol. The zero-order chi connectivity index (χ0) is 12.1. The third kappa shape index (κ3) is 8.37. The second-order valence-corrected chi connectivity index (χ2v) is 7.67. The van der Waals surface area contributed by atoms with Crippen molar-refractivity contribution in [2.24, 2.45) is 0 Å². The van der Waals surface area contributed by atoms with Gasteiger partial charge in [0.2, 0.25) is 0 Å². The van der Waals surface area contributed by atoms with Crippen molar-refractivity contribution in [1.29, 1.82) is 0 Å². The second-order valence-electron chi connectivity index (χ2n) is 3.11. The molecule has 0 radical (unpaired) electrons. The summed E-state index contributed by atoms with van der Waals surface area (Å²) in [6.45, 7) is 0. The molecule has 0 saturated heterocycles. The largest absolute Gasteiger partial charge is 0.469 e. The number of hydrogen-bond acceptors (Lipinski definition) is 6. The Morgan fingerprint density at radius 2 is 1.60 bits per heavy atom. The SMILES string of the molecule is COC(=O)CCS(=O)(=O)CCS(C)(=O)=O. The Balaban J connectivity index is 4.16. The van der Waals surface area contributed by atoms with Crippen molar-refractivity contribution < 1.29 is 26.4 Å². The van der Waals surface area contributed by atoms with E-state index in [1.807, 2.05) is 0 Å². The molecule has 6 nitrogen and oxygen atoms in total. The number of rotatable bonds is 6. The quantitative estimate of drug-likeness (QED) is 0.568. The Labute approximate surface area is 89.5 Å². The van der Waals surface area contributed by atoms with Gasteiger partial charge in [0, 0.05) is 6.26 Å². The van der Waals surface area contributed by atoms with E-state index in [0.29, 0.717) is 0 Å². The number of methoxy groups -OCH3 is 1. The normalized spacial score (nSPS) is 12.4. The highest BCUT2D eigenvalue weighted by Gasteiger charge is 2.16. The molecule has 90 valence electrons. The summed E-state index contributed by atoms with van der Waals surface area (Å²) in [5.74, 6) is -1.88. The van der Waals surface area contributed by atoms with Crippen LogP contribution in [0.3, 0.4) is 0 Å². The first kappa shape index (κ1) is 14.4. The molecule has 0 saturated carbocycles. The van der Waals surface area contributed by atoms with Crippen molar-refractivity contribution >= 4 is 25.6 Å². The minimum atomic E-state index is -3.50. The van der Waals surface area contributed by atoms with Gasteiger partial charge in [0.25, 0.3) is 0 Å². The number of hydrogen-bond donors (Lipinski definition) is 0. The molecule has 0 aliphatic heterocycles. The van der Waals surface area contributed by atoms with Crippen LogP contribution < -0.4 is 0 Å². The number of carbonyl (C=O) groups excluding carboxylic acids is 1. The van der Waals surface area contributed by atoms with Gasteiger partial charge in [-0.3, -0.25) is 4.79 Å². The van der Waals surface area contributed by atoms with Crippen molar-refractivity contribution in [3.05, 3.63) is 0 Å². The minimum absolute atomic E-state index is 0.247. The lowest BCUT2D eigenvalue weighted by atomic mass is 10.5. The molecule has 0 amide bonds. The molecule has 0 rings (SSSR count). The van der Waals surface area contributed by atoms with Crippen molar-refractivity contribution in [2.45, 2.75) is 6.42 Å². The predicted molar refractivity (Wildman–Crippen MR) is 55.0 cm³/mol. The summed E-state index contributed by atoms with van der Waals surface area (Å²) in [5.41, 5.74) is 0. The van der Waals surface area contributed by atoms with Crippen LogP contribution in [0.2, 0.25) is 0 Å². The molecule has 15 heavy (non-hydrogen) atoms. The predicted octanol–water partition coefficient (Wildman–Crippen LogP) is -0.991. The molecule has 0 aliphatic rings. The molecule has 0 atom stereocenters. The topological polar surface area (TPSA) is 94.6 Å². The summed E-state index contributed by atoms with van der Waals surface area (Å²) in [6.07, 6.45) is 0.714. The van der Waals surface area contributed by atoms with E-state index in [9.17, 15) is 21.6 Å². The van der Waals surface area contributed by atoms with Crippen molar-refractivity contribution in [3.8, 4) is 0 Å².